The lowest BCUT2D eigenvalue weighted by Crippen LogP contribution is -2.54. The Morgan fingerprint density at radius 3 is 2.04 bits per heavy atom. The summed E-state index contributed by atoms with van der Waals surface area (Å²) in [5.74, 6) is -2.68. The molecule has 0 spiro atoms. The number of carbonyl (C=O) groups excluding carboxylic acids is 1. The summed E-state index contributed by atoms with van der Waals surface area (Å²) < 4.78 is 4.67. The van der Waals surface area contributed by atoms with E-state index in [0.717, 1.165) is 25.7 Å². The maximum absolute atomic E-state index is 11.4. The summed E-state index contributed by atoms with van der Waals surface area (Å²) in [5, 5.41) is 38.7. The first-order valence-corrected chi connectivity index (χ1v) is 8.37. The molecule has 1 heterocycles. The van der Waals surface area contributed by atoms with Crippen molar-refractivity contribution in [3.8, 4) is 0 Å². The highest BCUT2D eigenvalue weighted by molar-refractivity contribution is 5.83. The third-order valence-corrected chi connectivity index (χ3v) is 4.37. The number of aliphatic hydroxyl groups is 3. The number of carbonyl (C=O) groups is 2. The van der Waals surface area contributed by atoms with Crippen molar-refractivity contribution in [2.24, 2.45) is 0 Å². The third kappa shape index (κ3) is 5.16. The van der Waals surface area contributed by atoms with Crippen LogP contribution in [0.4, 0.5) is 0 Å². The summed E-state index contributed by atoms with van der Waals surface area (Å²) in [6.45, 7) is 2.15. The summed E-state index contributed by atoms with van der Waals surface area (Å²) in [4.78, 5) is 22.6. The van der Waals surface area contributed by atoms with Gasteiger partial charge < -0.3 is 25.2 Å². The van der Waals surface area contributed by atoms with E-state index < -0.39 is 35.9 Å². The Kier molecular flexibility index (Phi) is 7.94. The number of carboxylic acids is 1. The highest BCUT2D eigenvalue weighted by Crippen LogP contribution is 2.30. The van der Waals surface area contributed by atoms with E-state index in [2.05, 4.69) is 11.7 Å². The number of hydrogen-bond donors (Lipinski definition) is 4. The highest BCUT2D eigenvalue weighted by atomic mass is 16.6. The van der Waals surface area contributed by atoms with Crippen molar-refractivity contribution in [1.82, 2.24) is 0 Å². The van der Waals surface area contributed by atoms with Crippen molar-refractivity contribution in [1.29, 1.82) is 0 Å². The standard InChI is InChI=1S/C16H28O7/c1-2-3-4-5-6-7-8-9-10-16(22,15(20)21)13-11(17)12(18)14(19)23-13/h11-13,17-18,22H,2-10H2,1H3,(H,20,21)/t11-,12+,13+,16?/m1/s1. The van der Waals surface area contributed by atoms with Crippen molar-refractivity contribution in [2.75, 3.05) is 0 Å². The van der Waals surface area contributed by atoms with E-state index in [1.54, 1.807) is 0 Å². The lowest BCUT2D eigenvalue weighted by atomic mass is 9.86. The van der Waals surface area contributed by atoms with E-state index >= 15 is 0 Å². The summed E-state index contributed by atoms with van der Waals surface area (Å²) in [5.41, 5.74) is -2.38. The predicted octanol–water partition coefficient (Wildman–Crippen LogP) is 0.980. The first kappa shape index (κ1) is 19.9. The predicted molar refractivity (Wildman–Crippen MR) is 81.7 cm³/mol. The van der Waals surface area contributed by atoms with Crippen LogP contribution in [0.25, 0.3) is 0 Å². The maximum atomic E-state index is 11.4. The van der Waals surface area contributed by atoms with Gasteiger partial charge in [-0.2, -0.15) is 0 Å². The first-order valence-electron chi connectivity index (χ1n) is 8.37. The number of aliphatic carboxylic acids is 1. The average Bonchev–Trinajstić information content (AvgIpc) is 2.77. The van der Waals surface area contributed by atoms with E-state index in [9.17, 15) is 30.0 Å². The molecular weight excluding hydrogens is 304 g/mol. The van der Waals surface area contributed by atoms with Crippen LogP contribution in [0.15, 0.2) is 0 Å². The van der Waals surface area contributed by atoms with Gasteiger partial charge in [-0.15, -0.1) is 0 Å². The number of carboxylic acid groups (broad SMARTS) is 1. The molecular formula is C16H28O7. The smallest absolute Gasteiger partial charge is 0.339 e. The lowest BCUT2D eigenvalue weighted by Gasteiger charge is -2.30. The van der Waals surface area contributed by atoms with Gasteiger partial charge in [-0.25, -0.2) is 9.59 Å². The summed E-state index contributed by atoms with van der Waals surface area (Å²) in [6.07, 6.45) is 2.58. The van der Waals surface area contributed by atoms with Gasteiger partial charge in [0.15, 0.2) is 12.2 Å². The van der Waals surface area contributed by atoms with Gasteiger partial charge >= 0.3 is 11.9 Å². The van der Waals surface area contributed by atoms with Gasteiger partial charge in [-0.3, -0.25) is 0 Å². The zero-order valence-electron chi connectivity index (χ0n) is 13.6. The molecule has 1 rings (SSSR count). The van der Waals surface area contributed by atoms with Crippen molar-refractivity contribution < 1.29 is 34.8 Å². The second-order valence-corrected chi connectivity index (χ2v) is 6.25. The van der Waals surface area contributed by atoms with Gasteiger partial charge in [-0.05, 0) is 12.8 Å². The van der Waals surface area contributed by atoms with Gasteiger partial charge in [0.1, 0.15) is 6.10 Å². The molecule has 1 unspecified atom stereocenters. The van der Waals surface area contributed by atoms with Crippen molar-refractivity contribution >= 4 is 11.9 Å². The largest absolute Gasteiger partial charge is 0.479 e. The quantitative estimate of drug-likeness (QED) is 0.328. The molecule has 4 atom stereocenters. The molecule has 134 valence electrons. The molecule has 23 heavy (non-hydrogen) atoms. The van der Waals surface area contributed by atoms with Crippen LogP contribution in [0.3, 0.4) is 0 Å². The second-order valence-electron chi connectivity index (χ2n) is 6.25. The Bertz CT molecular complexity index is 398. The minimum Gasteiger partial charge on any atom is -0.479 e. The van der Waals surface area contributed by atoms with Crippen LogP contribution in [0, 0.1) is 0 Å². The van der Waals surface area contributed by atoms with Crippen LogP contribution >= 0.6 is 0 Å². The summed E-state index contributed by atoms with van der Waals surface area (Å²) in [7, 11) is 0. The third-order valence-electron chi connectivity index (χ3n) is 4.37. The molecule has 0 bridgehead atoms. The molecule has 0 radical (unpaired) electrons. The molecule has 1 aliphatic heterocycles. The number of aliphatic hydroxyl groups excluding tert-OH is 2. The highest BCUT2D eigenvalue weighted by Gasteiger charge is 2.57. The maximum Gasteiger partial charge on any atom is 0.339 e. The Labute approximate surface area is 136 Å². The number of unbranched alkanes of at least 4 members (excludes halogenated alkanes) is 7. The molecule has 7 heteroatoms. The molecule has 0 aromatic rings. The number of hydrogen-bond acceptors (Lipinski definition) is 6. The Morgan fingerprint density at radius 1 is 1.09 bits per heavy atom. The molecule has 1 fully saturated rings. The topological polar surface area (TPSA) is 124 Å². The molecule has 0 aromatic heterocycles. The number of ether oxygens (including phenoxy) is 1. The monoisotopic (exact) mass is 332 g/mol. The second kappa shape index (κ2) is 9.20. The van der Waals surface area contributed by atoms with Gasteiger partial charge in [-0.1, -0.05) is 51.9 Å². The summed E-state index contributed by atoms with van der Waals surface area (Å²) >= 11 is 0. The van der Waals surface area contributed by atoms with Crippen LogP contribution in [0.1, 0.15) is 64.7 Å². The Morgan fingerprint density at radius 2 is 1.61 bits per heavy atom. The zero-order valence-corrected chi connectivity index (χ0v) is 13.6. The number of rotatable bonds is 11. The lowest BCUT2D eigenvalue weighted by molar-refractivity contribution is -0.184. The molecule has 0 saturated carbocycles. The fourth-order valence-corrected chi connectivity index (χ4v) is 2.85. The molecule has 0 amide bonds. The normalized spacial score (nSPS) is 26.8. The molecule has 0 aliphatic carbocycles. The molecule has 1 aliphatic rings. The number of cyclic esters (lactones) is 1. The zero-order chi connectivity index (χ0) is 17.5. The van der Waals surface area contributed by atoms with E-state index in [0.29, 0.717) is 6.42 Å². The first-order chi connectivity index (χ1) is 10.8. The van der Waals surface area contributed by atoms with Crippen molar-refractivity contribution in [3.05, 3.63) is 0 Å². The van der Waals surface area contributed by atoms with Crippen LogP contribution in [-0.4, -0.2) is 56.3 Å². The Balaban J connectivity index is 2.43. The van der Waals surface area contributed by atoms with Crippen molar-refractivity contribution in [3.63, 3.8) is 0 Å². The average molecular weight is 332 g/mol. The SMILES string of the molecule is CCCCCCCCCCC(O)(C(=O)O)[C@H]1OC(=O)[C@@H](O)[C@H]1O. The van der Waals surface area contributed by atoms with Crippen molar-refractivity contribution in [2.45, 2.75) is 88.6 Å². The van der Waals surface area contributed by atoms with Crippen LogP contribution in [0.2, 0.25) is 0 Å². The van der Waals surface area contributed by atoms with E-state index in [1.165, 1.54) is 19.3 Å². The molecule has 4 N–H and O–H groups in total. The minimum absolute atomic E-state index is 0.140. The van der Waals surface area contributed by atoms with E-state index in [-0.39, 0.29) is 6.42 Å². The fraction of sp³-hybridized carbons (Fsp3) is 0.875. The van der Waals surface area contributed by atoms with Crippen LogP contribution in [-0.2, 0) is 14.3 Å². The molecule has 0 aromatic carbocycles. The van der Waals surface area contributed by atoms with E-state index in [4.69, 9.17) is 0 Å². The summed E-state index contributed by atoms with van der Waals surface area (Å²) in [6, 6.07) is 0. The van der Waals surface area contributed by atoms with Gasteiger partial charge in [0, 0.05) is 0 Å². The minimum atomic E-state index is -2.38. The molecule has 7 nitrogen and oxygen atoms in total. The fourth-order valence-electron chi connectivity index (χ4n) is 2.85. The van der Waals surface area contributed by atoms with Gasteiger partial charge in [0.2, 0.25) is 5.60 Å². The van der Waals surface area contributed by atoms with Gasteiger partial charge in [0.05, 0.1) is 0 Å². The van der Waals surface area contributed by atoms with Crippen LogP contribution in [0.5, 0.6) is 0 Å². The molecule has 1 saturated heterocycles. The number of esters is 1. The van der Waals surface area contributed by atoms with Crippen LogP contribution < -0.4 is 0 Å². The Hall–Kier alpha value is -1.18. The van der Waals surface area contributed by atoms with E-state index in [1.807, 2.05) is 0 Å². The van der Waals surface area contributed by atoms with Gasteiger partial charge in [0.25, 0.3) is 0 Å².